The third-order valence-electron chi connectivity index (χ3n) is 5.18. The summed E-state index contributed by atoms with van der Waals surface area (Å²) in [6, 6.07) is 0.369. The highest BCUT2D eigenvalue weighted by Gasteiger charge is 2.59. The molecule has 0 aromatic rings. The van der Waals surface area contributed by atoms with Crippen molar-refractivity contribution in [2.45, 2.75) is 51.7 Å². The van der Waals surface area contributed by atoms with E-state index < -0.39 is 0 Å². The average molecular weight is 464 g/mol. The van der Waals surface area contributed by atoms with E-state index in [0.717, 1.165) is 18.6 Å². The number of likely N-dealkylation sites (N-methyl/N-ethyl adjacent to an activating group) is 1. The summed E-state index contributed by atoms with van der Waals surface area (Å²) >= 11 is 0. The molecule has 2 saturated carbocycles. The lowest BCUT2D eigenvalue weighted by Gasteiger charge is -2.61. The highest BCUT2D eigenvalue weighted by molar-refractivity contribution is 14.0. The van der Waals surface area contributed by atoms with Gasteiger partial charge in [-0.15, -0.1) is 24.0 Å². The smallest absolute Gasteiger partial charge is 0.243 e. The highest BCUT2D eigenvalue weighted by Crippen LogP contribution is 2.57. The van der Waals surface area contributed by atoms with Crippen LogP contribution in [0.3, 0.4) is 0 Å². The van der Waals surface area contributed by atoms with Crippen LogP contribution in [-0.4, -0.2) is 62.7 Å². The molecule has 0 aliphatic heterocycles. The Labute approximate surface area is 168 Å². The van der Waals surface area contributed by atoms with E-state index >= 15 is 0 Å². The Morgan fingerprint density at radius 2 is 2.08 bits per heavy atom. The number of hydrogen-bond acceptors (Lipinski definition) is 3. The number of hydrogen-bond donors (Lipinski definition) is 2. The number of rotatable bonds is 7. The average Bonchev–Trinajstić information content (AvgIpc) is 2.45. The Morgan fingerprint density at radius 3 is 2.56 bits per heavy atom. The van der Waals surface area contributed by atoms with Crippen molar-refractivity contribution in [2.24, 2.45) is 10.4 Å². The fourth-order valence-corrected chi connectivity index (χ4v) is 3.48. The van der Waals surface area contributed by atoms with Gasteiger partial charge in [0.15, 0.2) is 5.96 Å². The van der Waals surface area contributed by atoms with E-state index in [0.29, 0.717) is 24.7 Å². The predicted molar refractivity (Wildman–Crippen MR) is 112 cm³/mol. The second-order valence-electron chi connectivity index (χ2n) is 7.23. The molecule has 6 nitrogen and oxygen atoms in total. The van der Waals surface area contributed by atoms with Crippen molar-refractivity contribution in [3.63, 3.8) is 0 Å². The van der Waals surface area contributed by atoms with Gasteiger partial charge in [-0.2, -0.15) is 0 Å². The van der Waals surface area contributed by atoms with Gasteiger partial charge in [0.1, 0.15) is 6.54 Å². The first-order valence-corrected chi connectivity index (χ1v) is 8.90. The fraction of sp³-hybridized carbons (Fsp3) is 0.778. The molecule has 0 radical (unpaired) electrons. The van der Waals surface area contributed by atoms with Gasteiger partial charge in [0.05, 0.1) is 6.10 Å². The number of guanidine groups is 1. The number of carbonyl (C=O) groups is 1. The van der Waals surface area contributed by atoms with Gasteiger partial charge in [-0.3, -0.25) is 4.79 Å². The molecule has 2 aliphatic carbocycles. The minimum atomic E-state index is -0.00872. The molecule has 1 amide bonds. The lowest BCUT2D eigenvalue weighted by atomic mass is 9.51. The predicted octanol–water partition coefficient (Wildman–Crippen LogP) is 2.15. The molecule has 2 atom stereocenters. The Balaban J connectivity index is 0.00000312. The molecule has 25 heavy (non-hydrogen) atoms. The topological polar surface area (TPSA) is 66.0 Å². The number of nitrogens with zero attached hydrogens (tertiary/aromatic N) is 2. The molecule has 0 saturated heterocycles. The van der Waals surface area contributed by atoms with Gasteiger partial charge in [-0.05, 0) is 33.1 Å². The van der Waals surface area contributed by atoms with Crippen LogP contribution < -0.4 is 10.6 Å². The van der Waals surface area contributed by atoms with Gasteiger partial charge in [0.2, 0.25) is 5.91 Å². The molecule has 1 spiro atoms. The van der Waals surface area contributed by atoms with Crippen molar-refractivity contribution < 1.29 is 9.53 Å². The third-order valence-corrected chi connectivity index (χ3v) is 5.18. The minimum absolute atomic E-state index is 0. The Morgan fingerprint density at radius 1 is 1.40 bits per heavy atom. The van der Waals surface area contributed by atoms with Crippen LogP contribution in [0.2, 0.25) is 0 Å². The summed E-state index contributed by atoms with van der Waals surface area (Å²) < 4.78 is 5.90. The number of carbonyl (C=O) groups excluding carboxylic acids is 1. The lowest BCUT2D eigenvalue weighted by molar-refractivity contribution is -0.168. The molecular formula is C18H33IN4O2. The molecule has 2 rings (SSSR count). The first-order valence-electron chi connectivity index (χ1n) is 8.90. The first-order chi connectivity index (χ1) is 11.4. The van der Waals surface area contributed by atoms with Crippen LogP contribution in [0.25, 0.3) is 0 Å². The zero-order valence-electron chi connectivity index (χ0n) is 15.9. The summed E-state index contributed by atoms with van der Waals surface area (Å²) in [7, 11) is 3.49. The van der Waals surface area contributed by atoms with E-state index in [1.54, 1.807) is 19.0 Å². The second kappa shape index (κ2) is 9.75. The molecule has 7 heteroatoms. The van der Waals surface area contributed by atoms with Gasteiger partial charge < -0.3 is 20.3 Å². The maximum Gasteiger partial charge on any atom is 0.243 e. The first kappa shape index (κ1) is 22.2. The maximum absolute atomic E-state index is 11.8. The number of nitrogens with one attached hydrogen (secondary N) is 2. The van der Waals surface area contributed by atoms with Crippen LogP contribution in [0.5, 0.6) is 0 Å². The molecule has 144 valence electrons. The van der Waals surface area contributed by atoms with Crippen LogP contribution >= 0.6 is 24.0 Å². The number of ether oxygens (including phenoxy) is 1. The summed E-state index contributed by atoms with van der Waals surface area (Å²) in [4.78, 5) is 17.8. The Hall–Kier alpha value is -0.830. The second-order valence-corrected chi connectivity index (χ2v) is 7.23. The molecule has 0 aromatic carbocycles. The van der Waals surface area contributed by atoms with Gasteiger partial charge in [0.25, 0.3) is 0 Å². The SMILES string of the molecule is C=C(C)CNC(=NCC(=O)N(C)C)NC1CC(OCC)C12CCC2.I. The summed E-state index contributed by atoms with van der Waals surface area (Å²) in [5.74, 6) is 0.685. The monoisotopic (exact) mass is 464 g/mol. The van der Waals surface area contributed by atoms with Crippen LogP contribution in [0.1, 0.15) is 39.5 Å². The van der Waals surface area contributed by atoms with Crippen molar-refractivity contribution in [2.75, 3.05) is 33.8 Å². The molecule has 2 aliphatic rings. The van der Waals surface area contributed by atoms with E-state index in [1.165, 1.54) is 19.3 Å². The van der Waals surface area contributed by atoms with Gasteiger partial charge in [-0.1, -0.05) is 18.6 Å². The van der Waals surface area contributed by atoms with Crippen molar-refractivity contribution in [1.82, 2.24) is 15.5 Å². The van der Waals surface area contributed by atoms with E-state index in [4.69, 9.17) is 4.74 Å². The van der Waals surface area contributed by atoms with Gasteiger partial charge in [0, 0.05) is 38.7 Å². The quantitative estimate of drug-likeness (QED) is 0.262. The Bertz CT molecular complexity index is 503. The summed E-state index contributed by atoms with van der Waals surface area (Å²) in [6.07, 6.45) is 5.05. The number of halogens is 1. The highest BCUT2D eigenvalue weighted by atomic mass is 127. The molecule has 0 aromatic heterocycles. The Kier molecular flexibility index (Phi) is 8.67. The zero-order valence-corrected chi connectivity index (χ0v) is 18.3. The molecule has 2 fully saturated rings. The van der Waals surface area contributed by atoms with E-state index in [-0.39, 0.29) is 41.8 Å². The summed E-state index contributed by atoms with van der Waals surface area (Å²) in [5, 5.41) is 6.80. The van der Waals surface area contributed by atoms with Crippen LogP contribution in [0.4, 0.5) is 0 Å². The normalized spacial score (nSPS) is 23.8. The lowest BCUT2D eigenvalue weighted by Crippen LogP contribution is -2.68. The van der Waals surface area contributed by atoms with Crippen molar-refractivity contribution in [1.29, 1.82) is 0 Å². The fourth-order valence-electron chi connectivity index (χ4n) is 3.48. The zero-order chi connectivity index (χ0) is 17.7. The maximum atomic E-state index is 11.8. The summed E-state index contributed by atoms with van der Waals surface area (Å²) in [5.41, 5.74) is 1.29. The molecule has 0 bridgehead atoms. The van der Waals surface area contributed by atoms with E-state index in [9.17, 15) is 4.79 Å². The molecule has 0 heterocycles. The minimum Gasteiger partial charge on any atom is -0.378 e. The summed E-state index contributed by atoms with van der Waals surface area (Å²) in [6.45, 7) is 9.51. The van der Waals surface area contributed by atoms with Gasteiger partial charge in [-0.25, -0.2) is 4.99 Å². The molecular weight excluding hydrogens is 431 g/mol. The third kappa shape index (κ3) is 5.32. The van der Waals surface area contributed by atoms with Crippen LogP contribution in [0.15, 0.2) is 17.1 Å². The van der Waals surface area contributed by atoms with E-state index in [2.05, 4.69) is 29.1 Å². The molecule has 2 N–H and O–H groups in total. The van der Waals surface area contributed by atoms with Crippen LogP contribution in [-0.2, 0) is 9.53 Å². The van der Waals surface area contributed by atoms with Gasteiger partial charge >= 0.3 is 0 Å². The number of aliphatic imine (C=N–C) groups is 1. The van der Waals surface area contributed by atoms with Crippen LogP contribution in [0, 0.1) is 5.41 Å². The van der Waals surface area contributed by atoms with Crippen molar-refractivity contribution in [3.05, 3.63) is 12.2 Å². The molecule has 2 unspecified atom stereocenters. The van der Waals surface area contributed by atoms with E-state index in [1.807, 2.05) is 6.92 Å². The number of amides is 1. The standard InChI is InChI=1S/C18H32N4O2.HI/c1-6-24-15-10-14(18(15)8-7-9-18)21-17(19-11-13(2)3)20-12-16(23)22(4)5;/h14-15H,2,6-12H2,1,3-5H3,(H2,19,20,21);1H. The van der Waals surface area contributed by atoms with Crippen molar-refractivity contribution in [3.8, 4) is 0 Å². The largest absolute Gasteiger partial charge is 0.378 e. The van der Waals surface area contributed by atoms with Crippen molar-refractivity contribution >= 4 is 35.8 Å².